The van der Waals surface area contributed by atoms with E-state index in [-0.39, 0.29) is 11.4 Å². The maximum Gasteiger partial charge on any atom is 0.178 e. The fourth-order valence-corrected chi connectivity index (χ4v) is 2.83. The molecule has 0 radical (unpaired) electrons. The van der Waals surface area contributed by atoms with Crippen molar-refractivity contribution in [2.75, 3.05) is 26.7 Å². The van der Waals surface area contributed by atoms with Crippen LogP contribution in [0.25, 0.3) is 0 Å². The molecule has 19 heavy (non-hydrogen) atoms. The average Bonchev–Trinajstić information content (AvgIpc) is 2.39. The minimum absolute atomic E-state index is 0.0750. The van der Waals surface area contributed by atoms with Gasteiger partial charge in [-0.3, -0.25) is 9.69 Å². The molecule has 0 aromatic heterocycles. The van der Waals surface area contributed by atoms with Gasteiger partial charge >= 0.3 is 0 Å². The number of ketones is 1. The smallest absolute Gasteiger partial charge is 0.178 e. The molecule has 1 heterocycles. The van der Waals surface area contributed by atoms with Crippen LogP contribution in [0.4, 0.5) is 0 Å². The molecule has 0 aliphatic carbocycles. The van der Waals surface area contributed by atoms with E-state index in [0.29, 0.717) is 17.1 Å². The molecule has 1 aromatic carbocycles. The highest BCUT2D eigenvalue weighted by Crippen LogP contribution is 2.24. The fourth-order valence-electron chi connectivity index (χ4n) is 2.58. The van der Waals surface area contributed by atoms with Crippen molar-refractivity contribution in [3.63, 3.8) is 0 Å². The van der Waals surface area contributed by atoms with Crippen LogP contribution in [0.2, 0.25) is 5.02 Å². The van der Waals surface area contributed by atoms with Crippen LogP contribution in [-0.2, 0) is 4.74 Å². The molecular formula is C15H20ClNO2. The summed E-state index contributed by atoms with van der Waals surface area (Å²) in [5.41, 5.74) is 0.466. The molecule has 1 atom stereocenters. The first-order valence-electron chi connectivity index (χ1n) is 6.59. The minimum Gasteiger partial charge on any atom is -0.377 e. The van der Waals surface area contributed by atoms with Gasteiger partial charge in [-0.2, -0.15) is 0 Å². The molecule has 1 aliphatic rings. The van der Waals surface area contributed by atoms with E-state index in [1.54, 1.807) is 19.2 Å². The highest BCUT2D eigenvalue weighted by atomic mass is 35.5. The molecule has 2 rings (SSSR count). The Hall–Kier alpha value is -0.900. The van der Waals surface area contributed by atoms with E-state index in [1.807, 2.05) is 12.1 Å². The summed E-state index contributed by atoms with van der Waals surface area (Å²) in [5, 5.41) is 0.527. The maximum atomic E-state index is 12.3. The highest BCUT2D eigenvalue weighted by molar-refractivity contribution is 6.34. The summed E-state index contributed by atoms with van der Waals surface area (Å²) in [5.74, 6) is 0.0750. The van der Waals surface area contributed by atoms with Crippen LogP contribution in [0.15, 0.2) is 24.3 Å². The van der Waals surface area contributed by atoms with Crippen molar-refractivity contribution >= 4 is 17.4 Å². The summed E-state index contributed by atoms with van der Waals surface area (Å²) < 4.78 is 5.54. The van der Waals surface area contributed by atoms with Crippen molar-refractivity contribution in [1.29, 1.82) is 0 Å². The van der Waals surface area contributed by atoms with Gasteiger partial charge in [-0.1, -0.05) is 23.7 Å². The summed E-state index contributed by atoms with van der Waals surface area (Å²) >= 11 is 6.06. The molecular weight excluding hydrogens is 262 g/mol. The van der Waals surface area contributed by atoms with Crippen molar-refractivity contribution in [3.05, 3.63) is 34.9 Å². The Morgan fingerprint density at radius 3 is 2.89 bits per heavy atom. The van der Waals surface area contributed by atoms with Crippen molar-refractivity contribution in [1.82, 2.24) is 4.90 Å². The number of benzene rings is 1. The number of Topliss-reactive ketones (excluding diaryl/α,β-unsaturated/α-hetero) is 1. The van der Waals surface area contributed by atoms with Crippen LogP contribution in [0.3, 0.4) is 0 Å². The van der Waals surface area contributed by atoms with Crippen LogP contribution >= 0.6 is 11.6 Å². The summed E-state index contributed by atoms with van der Waals surface area (Å²) in [6, 6.07) is 7.21. The summed E-state index contributed by atoms with van der Waals surface area (Å²) in [7, 11) is 1.74. The molecule has 0 amide bonds. The summed E-state index contributed by atoms with van der Waals surface area (Å²) in [6.07, 6.45) is 2.10. The normalized spacial score (nSPS) is 24.4. The zero-order chi connectivity index (χ0) is 13.9. The first-order valence-corrected chi connectivity index (χ1v) is 6.97. The Balaban J connectivity index is 2.02. The standard InChI is InChI=1S/C15H20ClNO2/c1-15(19-2)8-5-9-17(11-15)10-14(18)12-6-3-4-7-13(12)16/h3-4,6-7H,5,8-11H2,1-2H3. The van der Waals surface area contributed by atoms with E-state index in [1.165, 1.54) is 0 Å². The molecule has 0 bridgehead atoms. The van der Waals surface area contributed by atoms with Crippen molar-refractivity contribution in [2.24, 2.45) is 0 Å². The second-order valence-electron chi connectivity index (χ2n) is 5.37. The Morgan fingerprint density at radius 2 is 2.21 bits per heavy atom. The van der Waals surface area contributed by atoms with Gasteiger partial charge in [0.1, 0.15) is 0 Å². The van der Waals surface area contributed by atoms with Crippen molar-refractivity contribution in [3.8, 4) is 0 Å². The van der Waals surface area contributed by atoms with E-state index < -0.39 is 0 Å². The van der Waals surface area contributed by atoms with E-state index in [0.717, 1.165) is 25.9 Å². The molecule has 1 saturated heterocycles. The van der Waals surface area contributed by atoms with E-state index >= 15 is 0 Å². The number of carbonyl (C=O) groups is 1. The van der Waals surface area contributed by atoms with Crippen LogP contribution in [0.5, 0.6) is 0 Å². The molecule has 104 valence electrons. The fraction of sp³-hybridized carbons (Fsp3) is 0.533. The Bertz CT molecular complexity index is 463. The van der Waals surface area contributed by atoms with Crippen molar-refractivity contribution in [2.45, 2.75) is 25.4 Å². The number of rotatable bonds is 4. The number of ether oxygens (including phenoxy) is 1. The number of hydrogen-bond donors (Lipinski definition) is 0. The monoisotopic (exact) mass is 281 g/mol. The molecule has 1 unspecified atom stereocenters. The van der Waals surface area contributed by atoms with Gasteiger partial charge < -0.3 is 4.74 Å². The third-order valence-corrected chi connectivity index (χ3v) is 4.10. The third kappa shape index (κ3) is 3.56. The lowest BCUT2D eigenvalue weighted by molar-refractivity contribution is -0.0485. The quantitative estimate of drug-likeness (QED) is 0.795. The number of piperidine rings is 1. The number of carbonyl (C=O) groups excluding carboxylic acids is 1. The van der Waals surface area contributed by atoms with Crippen LogP contribution in [0, 0.1) is 0 Å². The lowest BCUT2D eigenvalue weighted by atomic mass is 9.94. The molecule has 0 saturated carbocycles. The van der Waals surface area contributed by atoms with E-state index in [9.17, 15) is 4.79 Å². The van der Waals surface area contributed by atoms with E-state index in [4.69, 9.17) is 16.3 Å². The van der Waals surface area contributed by atoms with Gasteiger partial charge in [0.2, 0.25) is 0 Å². The van der Waals surface area contributed by atoms with Gasteiger partial charge in [-0.25, -0.2) is 0 Å². The average molecular weight is 282 g/mol. The third-order valence-electron chi connectivity index (χ3n) is 3.77. The van der Waals surface area contributed by atoms with Crippen LogP contribution in [-0.4, -0.2) is 43.0 Å². The molecule has 3 nitrogen and oxygen atoms in total. The largest absolute Gasteiger partial charge is 0.377 e. The zero-order valence-corrected chi connectivity index (χ0v) is 12.2. The number of halogens is 1. The minimum atomic E-state index is -0.140. The van der Waals surface area contributed by atoms with Gasteiger partial charge in [0.05, 0.1) is 17.2 Å². The second kappa shape index (κ2) is 6.04. The van der Waals surface area contributed by atoms with Gasteiger partial charge in [0, 0.05) is 19.2 Å². The molecule has 1 fully saturated rings. The predicted octanol–water partition coefficient (Wildman–Crippen LogP) is 3.02. The first kappa shape index (κ1) is 14.5. The maximum absolute atomic E-state index is 12.3. The number of methoxy groups -OCH3 is 1. The topological polar surface area (TPSA) is 29.5 Å². The second-order valence-corrected chi connectivity index (χ2v) is 5.78. The number of likely N-dealkylation sites (tertiary alicyclic amines) is 1. The molecule has 0 spiro atoms. The molecule has 4 heteroatoms. The van der Waals surface area contributed by atoms with Gasteiger partial charge in [0.25, 0.3) is 0 Å². The number of nitrogens with zero attached hydrogens (tertiary/aromatic N) is 1. The van der Waals surface area contributed by atoms with Gasteiger partial charge in [-0.15, -0.1) is 0 Å². The van der Waals surface area contributed by atoms with E-state index in [2.05, 4.69) is 11.8 Å². The van der Waals surface area contributed by atoms with Crippen LogP contribution in [0.1, 0.15) is 30.1 Å². The molecule has 0 N–H and O–H groups in total. The van der Waals surface area contributed by atoms with Crippen molar-refractivity contribution < 1.29 is 9.53 Å². The lowest BCUT2D eigenvalue weighted by Crippen LogP contribution is -2.48. The van der Waals surface area contributed by atoms with Gasteiger partial charge in [-0.05, 0) is 38.4 Å². The van der Waals surface area contributed by atoms with Gasteiger partial charge in [0.15, 0.2) is 5.78 Å². The highest BCUT2D eigenvalue weighted by Gasteiger charge is 2.31. The Kier molecular flexibility index (Phi) is 4.61. The summed E-state index contributed by atoms with van der Waals surface area (Å²) in [4.78, 5) is 14.4. The zero-order valence-electron chi connectivity index (χ0n) is 11.5. The molecule has 1 aliphatic heterocycles. The van der Waals surface area contributed by atoms with Crippen LogP contribution < -0.4 is 0 Å². The number of hydrogen-bond acceptors (Lipinski definition) is 3. The lowest BCUT2D eigenvalue weighted by Gasteiger charge is -2.39. The Labute approximate surface area is 119 Å². The first-order chi connectivity index (χ1) is 9.04. The Morgan fingerprint density at radius 1 is 1.47 bits per heavy atom. The SMILES string of the molecule is COC1(C)CCCN(CC(=O)c2ccccc2Cl)C1. The predicted molar refractivity (Wildman–Crippen MR) is 76.9 cm³/mol. The molecule has 1 aromatic rings. The summed E-state index contributed by atoms with van der Waals surface area (Å²) in [6.45, 7) is 4.23.